The van der Waals surface area contributed by atoms with Gasteiger partial charge in [0.1, 0.15) is 5.78 Å². The van der Waals surface area contributed by atoms with Gasteiger partial charge in [0.05, 0.1) is 0 Å². The molecule has 3 unspecified atom stereocenters. The Kier molecular flexibility index (Phi) is 4.27. The van der Waals surface area contributed by atoms with Gasteiger partial charge in [0, 0.05) is 11.8 Å². The molecule has 0 heterocycles. The molecule has 2 aliphatic carbocycles. The quantitative estimate of drug-likeness (QED) is 0.692. The Bertz CT molecular complexity index is 263. The standard InChI is InChI=1S/C16H28O/c1-11-5-8-14(9-6-11)16(17)15-10-12(2)4-7-13(15)3/h11-15H,4-10H2,1-3H3. The van der Waals surface area contributed by atoms with Crippen molar-refractivity contribution in [3.8, 4) is 0 Å². The number of carbonyl (C=O) groups excluding carboxylic acids is 1. The van der Waals surface area contributed by atoms with Gasteiger partial charge in [-0.3, -0.25) is 4.79 Å². The van der Waals surface area contributed by atoms with Crippen LogP contribution in [-0.4, -0.2) is 5.78 Å². The van der Waals surface area contributed by atoms with Crippen LogP contribution in [0, 0.1) is 29.6 Å². The van der Waals surface area contributed by atoms with Gasteiger partial charge in [-0.05, 0) is 43.4 Å². The Morgan fingerprint density at radius 1 is 0.824 bits per heavy atom. The van der Waals surface area contributed by atoms with E-state index in [1.807, 2.05) is 0 Å². The van der Waals surface area contributed by atoms with Crippen LogP contribution in [0.2, 0.25) is 0 Å². The van der Waals surface area contributed by atoms with Crippen LogP contribution >= 0.6 is 0 Å². The highest BCUT2D eigenvalue weighted by molar-refractivity contribution is 5.83. The molecule has 2 saturated carbocycles. The molecular formula is C16H28O. The summed E-state index contributed by atoms with van der Waals surface area (Å²) in [5.74, 6) is 3.67. The second kappa shape index (κ2) is 5.54. The molecule has 2 aliphatic rings. The fourth-order valence-corrected chi connectivity index (χ4v) is 3.78. The van der Waals surface area contributed by atoms with Crippen molar-refractivity contribution < 1.29 is 4.79 Å². The van der Waals surface area contributed by atoms with E-state index in [-0.39, 0.29) is 0 Å². The highest BCUT2D eigenvalue weighted by Crippen LogP contribution is 2.38. The van der Waals surface area contributed by atoms with Crippen LogP contribution in [0.1, 0.15) is 65.7 Å². The summed E-state index contributed by atoms with van der Waals surface area (Å²) in [4.78, 5) is 12.6. The molecule has 0 N–H and O–H groups in total. The lowest BCUT2D eigenvalue weighted by Crippen LogP contribution is -2.34. The number of Topliss-reactive ketones (excluding diaryl/α,β-unsaturated/α-hetero) is 1. The maximum absolute atomic E-state index is 12.6. The third-order valence-electron chi connectivity index (χ3n) is 5.24. The first kappa shape index (κ1) is 13.1. The van der Waals surface area contributed by atoms with Gasteiger partial charge in [-0.15, -0.1) is 0 Å². The first-order valence-corrected chi connectivity index (χ1v) is 7.61. The molecule has 0 bridgehead atoms. The molecule has 0 aromatic heterocycles. The van der Waals surface area contributed by atoms with Gasteiger partial charge in [-0.2, -0.15) is 0 Å². The van der Waals surface area contributed by atoms with Gasteiger partial charge in [0.2, 0.25) is 0 Å². The van der Waals surface area contributed by atoms with E-state index in [9.17, 15) is 4.79 Å². The molecule has 0 aliphatic heterocycles. The molecule has 17 heavy (non-hydrogen) atoms. The highest BCUT2D eigenvalue weighted by Gasteiger charge is 2.35. The first-order valence-electron chi connectivity index (χ1n) is 7.61. The summed E-state index contributed by atoms with van der Waals surface area (Å²) in [5.41, 5.74) is 0. The molecule has 0 spiro atoms. The lowest BCUT2D eigenvalue weighted by molar-refractivity contribution is -0.131. The van der Waals surface area contributed by atoms with Gasteiger partial charge in [-0.25, -0.2) is 0 Å². The predicted molar refractivity (Wildman–Crippen MR) is 71.8 cm³/mol. The summed E-state index contributed by atoms with van der Waals surface area (Å²) in [6.07, 6.45) is 8.62. The first-order chi connectivity index (χ1) is 8.08. The van der Waals surface area contributed by atoms with Crippen molar-refractivity contribution in [2.24, 2.45) is 29.6 Å². The van der Waals surface area contributed by atoms with Crippen molar-refractivity contribution in [3.05, 3.63) is 0 Å². The van der Waals surface area contributed by atoms with Crippen LogP contribution in [-0.2, 0) is 4.79 Å². The summed E-state index contributed by atoms with van der Waals surface area (Å²) in [7, 11) is 0. The summed E-state index contributed by atoms with van der Waals surface area (Å²) in [6, 6.07) is 0. The monoisotopic (exact) mass is 236 g/mol. The van der Waals surface area contributed by atoms with Crippen molar-refractivity contribution in [2.75, 3.05) is 0 Å². The third kappa shape index (κ3) is 3.11. The van der Waals surface area contributed by atoms with Crippen molar-refractivity contribution in [3.63, 3.8) is 0 Å². The lowest BCUT2D eigenvalue weighted by atomic mass is 9.68. The van der Waals surface area contributed by atoms with E-state index in [0.717, 1.165) is 31.1 Å². The average Bonchev–Trinajstić information content (AvgIpc) is 2.32. The number of carbonyl (C=O) groups is 1. The van der Waals surface area contributed by atoms with Crippen LogP contribution in [0.25, 0.3) is 0 Å². The van der Waals surface area contributed by atoms with E-state index in [1.165, 1.54) is 25.7 Å². The van der Waals surface area contributed by atoms with Crippen molar-refractivity contribution in [1.29, 1.82) is 0 Å². The Morgan fingerprint density at radius 3 is 2.06 bits per heavy atom. The van der Waals surface area contributed by atoms with Crippen LogP contribution in [0.5, 0.6) is 0 Å². The zero-order chi connectivity index (χ0) is 12.4. The van der Waals surface area contributed by atoms with E-state index < -0.39 is 0 Å². The van der Waals surface area contributed by atoms with Gasteiger partial charge in [0.15, 0.2) is 0 Å². The zero-order valence-corrected chi connectivity index (χ0v) is 11.7. The normalized spacial score (nSPS) is 43.4. The van der Waals surface area contributed by atoms with E-state index in [2.05, 4.69) is 20.8 Å². The zero-order valence-electron chi connectivity index (χ0n) is 11.7. The minimum Gasteiger partial charge on any atom is -0.299 e. The molecule has 0 radical (unpaired) electrons. The summed E-state index contributed by atoms with van der Waals surface area (Å²) in [5, 5.41) is 0. The third-order valence-corrected chi connectivity index (χ3v) is 5.24. The van der Waals surface area contributed by atoms with Crippen LogP contribution in [0.3, 0.4) is 0 Å². The number of hydrogen-bond donors (Lipinski definition) is 0. The van der Waals surface area contributed by atoms with Gasteiger partial charge >= 0.3 is 0 Å². The molecule has 0 aromatic carbocycles. The van der Waals surface area contributed by atoms with Crippen molar-refractivity contribution in [1.82, 2.24) is 0 Å². The Balaban J connectivity index is 1.94. The lowest BCUT2D eigenvalue weighted by Gasteiger charge is -2.35. The van der Waals surface area contributed by atoms with Gasteiger partial charge < -0.3 is 0 Å². The second-order valence-electron chi connectivity index (χ2n) is 6.86. The molecule has 2 fully saturated rings. The SMILES string of the molecule is CC1CCC(C(=O)C2CC(C)CCC2C)CC1. The maximum atomic E-state index is 12.6. The fraction of sp³-hybridized carbons (Fsp3) is 0.938. The average molecular weight is 236 g/mol. The molecule has 3 atom stereocenters. The molecule has 1 heteroatoms. The Morgan fingerprint density at radius 2 is 1.41 bits per heavy atom. The molecular weight excluding hydrogens is 208 g/mol. The minimum absolute atomic E-state index is 0.386. The maximum Gasteiger partial charge on any atom is 0.139 e. The summed E-state index contributed by atoms with van der Waals surface area (Å²) >= 11 is 0. The largest absolute Gasteiger partial charge is 0.299 e. The van der Waals surface area contributed by atoms with Gasteiger partial charge in [-0.1, -0.05) is 40.0 Å². The predicted octanol–water partition coefficient (Wildman–Crippen LogP) is 4.45. The smallest absolute Gasteiger partial charge is 0.139 e. The fourth-order valence-electron chi connectivity index (χ4n) is 3.78. The van der Waals surface area contributed by atoms with E-state index in [0.29, 0.717) is 23.5 Å². The van der Waals surface area contributed by atoms with Crippen LogP contribution < -0.4 is 0 Å². The highest BCUT2D eigenvalue weighted by atomic mass is 16.1. The second-order valence-corrected chi connectivity index (χ2v) is 6.86. The van der Waals surface area contributed by atoms with Gasteiger partial charge in [0.25, 0.3) is 0 Å². The molecule has 1 nitrogen and oxygen atoms in total. The minimum atomic E-state index is 0.386. The number of ketones is 1. The van der Waals surface area contributed by atoms with Crippen LogP contribution in [0.15, 0.2) is 0 Å². The number of hydrogen-bond acceptors (Lipinski definition) is 1. The van der Waals surface area contributed by atoms with E-state index >= 15 is 0 Å². The number of rotatable bonds is 2. The Hall–Kier alpha value is -0.330. The molecule has 98 valence electrons. The van der Waals surface area contributed by atoms with Crippen molar-refractivity contribution >= 4 is 5.78 Å². The Labute approximate surface area is 106 Å². The summed E-state index contributed by atoms with van der Waals surface area (Å²) in [6.45, 7) is 6.93. The molecule has 0 saturated heterocycles. The molecule has 2 rings (SSSR count). The topological polar surface area (TPSA) is 17.1 Å². The van der Waals surface area contributed by atoms with Crippen LogP contribution in [0.4, 0.5) is 0 Å². The molecule has 0 amide bonds. The van der Waals surface area contributed by atoms with Crippen molar-refractivity contribution in [2.45, 2.75) is 65.7 Å². The van der Waals surface area contributed by atoms with E-state index in [4.69, 9.17) is 0 Å². The molecule has 0 aromatic rings. The summed E-state index contributed by atoms with van der Waals surface area (Å²) < 4.78 is 0. The van der Waals surface area contributed by atoms with E-state index in [1.54, 1.807) is 0 Å².